The van der Waals surface area contributed by atoms with Crippen LogP contribution in [0.15, 0.2) is 18.2 Å². The smallest absolute Gasteiger partial charge is 0.223 e. The molecule has 2 aliphatic rings. The quantitative estimate of drug-likeness (QED) is 0.904. The molecule has 0 radical (unpaired) electrons. The zero-order valence-electron chi connectivity index (χ0n) is 11.1. The molecule has 2 atom stereocenters. The van der Waals surface area contributed by atoms with E-state index in [0.29, 0.717) is 12.5 Å². The summed E-state index contributed by atoms with van der Waals surface area (Å²) in [6.45, 7) is 1.98. The minimum absolute atomic E-state index is 0.00755. The number of carbonyl (C=O) groups is 1. The first-order valence-electron chi connectivity index (χ1n) is 6.90. The van der Waals surface area contributed by atoms with Gasteiger partial charge in [-0.25, -0.2) is 0 Å². The first-order valence-corrected chi connectivity index (χ1v) is 7.28. The molecule has 3 nitrogen and oxygen atoms in total. The van der Waals surface area contributed by atoms with Gasteiger partial charge in [0, 0.05) is 23.5 Å². The van der Waals surface area contributed by atoms with Gasteiger partial charge in [0.1, 0.15) is 0 Å². The van der Waals surface area contributed by atoms with Crippen molar-refractivity contribution in [3.05, 3.63) is 34.3 Å². The topological polar surface area (TPSA) is 46.3 Å². The number of amides is 1. The Balaban J connectivity index is 1.97. The molecule has 19 heavy (non-hydrogen) atoms. The number of halogens is 1. The summed E-state index contributed by atoms with van der Waals surface area (Å²) < 4.78 is 0. The molecule has 0 bridgehead atoms. The summed E-state index contributed by atoms with van der Waals surface area (Å²) in [5, 5.41) is 0.749. The van der Waals surface area contributed by atoms with E-state index in [0.717, 1.165) is 35.4 Å². The Bertz CT molecular complexity index is 513. The van der Waals surface area contributed by atoms with E-state index in [9.17, 15) is 4.79 Å². The molecule has 2 unspecified atom stereocenters. The maximum Gasteiger partial charge on any atom is 0.223 e. The predicted molar refractivity (Wildman–Crippen MR) is 76.0 cm³/mol. The van der Waals surface area contributed by atoms with Crippen molar-refractivity contribution in [3.8, 4) is 0 Å². The van der Waals surface area contributed by atoms with E-state index in [1.807, 2.05) is 24.0 Å². The summed E-state index contributed by atoms with van der Waals surface area (Å²) >= 11 is 6.22. The Labute approximate surface area is 118 Å². The third kappa shape index (κ3) is 2.37. The average Bonchev–Trinajstić information content (AvgIpc) is 3.19. The van der Waals surface area contributed by atoms with Crippen molar-refractivity contribution in [1.29, 1.82) is 0 Å². The van der Waals surface area contributed by atoms with Crippen LogP contribution in [-0.2, 0) is 4.79 Å². The van der Waals surface area contributed by atoms with Crippen LogP contribution in [0.3, 0.4) is 0 Å². The van der Waals surface area contributed by atoms with Crippen LogP contribution >= 0.6 is 11.6 Å². The number of likely N-dealkylation sites (tertiary alicyclic amines) is 1. The van der Waals surface area contributed by atoms with Gasteiger partial charge in [0.25, 0.3) is 0 Å². The van der Waals surface area contributed by atoms with Gasteiger partial charge < -0.3 is 10.6 Å². The molecule has 1 saturated carbocycles. The van der Waals surface area contributed by atoms with E-state index >= 15 is 0 Å². The summed E-state index contributed by atoms with van der Waals surface area (Å²) in [7, 11) is 0. The molecule has 0 aromatic heterocycles. The van der Waals surface area contributed by atoms with Crippen molar-refractivity contribution in [1.82, 2.24) is 4.90 Å². The molecule has 1 aliphatic carbocycles. The zero-order chi connectivity index (χ0) is 13.6. The van der Waals surface area contributed by atoms with Crippen molar-refractivity contribution in [2.75, 3.05) is 0 Å². The molecule has 0 spiro atoms. The Hall–Kier alpha value is -1.06. The number of nitrogens with zero attached hydrogens (tertiary/aromatic N) is 1. The number of aryl methyl sites for hydroxylation is 1. The number of benzene rings is 1. The van der Waals surface area contributed by atoms with Gasteiger partial charge in [-0.2, -0.15) is 0 Å². The highest BCUT2D eigenvalue weighted by molar-refractivity contribution is 6.31. The lowest BCUT2D eigenvalue weighted by molar-refractivity contribution is -0.138. The van der Waals surface area contributed by atoms with Crippen LogP contribution in [0.25, 0.3) is 0 Å². The van der Waals surface area contributed by atoms with E-state index in [4.69, 9.17) is 17.3 Å². The summed E-state index contributed by atoms with van der Waals surface area (Å²) in [4.78, 5) is 14.2. The second-order valence-electron chi connectivity index (χ2n) is 5.69. The molecule has 1 saturated heterocycles. The standard InChI is InChI=1S/C15H19ClN2O/c1-9-2-3-10(8-12(9)16)15-13(17)6-7-14(19)18(15)11-4-5-11/h2-3,8,11,13,15H,4-7,17H2,1H3. The third-order valence-corrected chi connectivity index (χ3v) is 4.57. The summed E-state index contributed by atoms with van der Waals surface area (Å²) in [5.41, 5.74) is 8.41. The van der Waals surface area contributed by atoms with Gasteiger partial charge >= 0.3 is 0 Å². The molecule has 1 amide bonds. The van der Waals surface area contributed by atoms with Gasteiger partial charge in [-0.3, -0.25) is 4.79 Å². The second kappa shape index (κ2) is 4.80. The van der Waals surface area contributed by atoms with Crippen LogP contribution < -0.4 is 5.73 Å². The Kier molecular flexibility index (Phi) is 3.27. The van der Waals surface area contributed by atoms with Gasteiger partial charge in [0.2, 0.25) is 5.91 Å². The summed E-state index contributed by atoms with van der Waals surface area (Å²) in [6.07, 6.45) is 3.55. The van der Waals surface area contributed by atoms with Crippen molar-refractivity contribution >= 4 is 17.5 Å². The molecule has 4 heteroatoms. The lowest BCUT2D eigenvalue weighted by Crippen LogP contribution is -2.49. The highest BCUT2D eigenvalue weighted by Gasteiger charge is 2.43. The number of hydrogen-bond donors (Lipinski definition) is 1. The molecule has 102 valence electrons. The van der Waals surface area contributed by atoms with Gasteiger partial charge in [-0.1, -0.05) is 23.7 Å². The molecule has 3 rings (SSSR count). The molecule has 1 heterocycles. The van der Waals surface area contributed by atoms with Crippen LogP contribution in [0.2, 0.25) is 5.02 Å². The van der Waals surface area contributed by atoms with E-state index in [2.05, 4.69) is 6.07 Å². The fraction of sp³-hybridized carbons (Fsp3) is 0.533. The normalized spacial score (nSPS) is 27.7. The number of piperidine rings is 1. The maximum absolute atomic E-state index is 12.2. The second-order valence-corrected chi connectivity index (χ2v) is 6.10. The van der Waals surface area contributed by atoms with Gasteiger partial charge in [-0.15, -0.1) is 0 Å². The average molecular weight is 279 g/mol. The first-order chi connectivity index (χ1) is 9.08. The fourth-order valence-corrected chi connectivity index (χ4v) is 3.11. The van der Waals surface area contributed by atoms with E-state index < -0.39 is 0 Å². The fourth-order valence-electron chi connectivity index (χ4n) is 2.92. The Morgan fingerprint density at radius 3 is 2.68 bits per heavy atom. The monoisotopic (exact) mass is 278 g/mol. The lowest BCUT2D eigenvalue weighted by Gasteiger charge is -2.40. The summed E-state index contributed by atoms with van der Waals surface area (Å²) in [6, 6.07) is 6.43. The largest absolute Gasteiger partial charge is 0.331 e. The number of rotatable bonds is 2. The van der Waals surface area contributed by atoms with Gasteiger partial charge in [0.05, 0.1) is 6.04 Å². The Morgan fingerprint density at radius 2 is 2.05 bits per heavy atom. The van der Waals surface area contributed by atoms with E-state index in [1.165, 1.54) is 0 Å². The van der Waals surface area contributed by atoms with Crippen molar-refractivity contribution in [2.45, 2.75) is 50.7 Å². The van der Waals surface area contributed by atoms with E-state index in [-0.39, 0.29) is 18.0 Å². The molecule has 1 aromatic rings. The minimum atomic E-state index is -0.00755. The molecule has 2 fully saturated rings. The highest BCUT2D eigenvalue weighted by Crippen LogP contribution is 2.40. The number of carbonyl (C=O) groups excluding carboxylic acids is 1. The minimum Gasteiger partial charge on any atom is -0.331 e. The van der Waals surface area contributed by atoms with Crippen LogP contribution in [0.5, 0.6) is 0 Å². The van der Waals surface area contributed by atoms with Crippen LogP contribution in [0, 0.1) is 6.92 Å². The van der Waals surface area contributed by atoms with Crippen LogP contribution in [0.1, 0.15) is 42.9 Å². The Morgan fingerprint density at radius 1 is 1.32 bits per heavy atom. The first kappa shape index (κ1) is 12.9. The summed E-state index contributed by atoms with van der Waals surface area (Å²) in [5.74, 6) is 0.242. The SMILES string of the molecule is Cc1ccc(C2C(N)CCC(=O)N2C2CC2)cc1Cl. The molecule has 1 aromatic carbocycles. The molecule has 1 aliphatic heterocycles. The van der Waals surface area contributed by atoms with Gasteiger partial charge in [0.15, 0.2) is 0 Å². The van der Waals surface area contributed by atoms with Gasteiger partial charge in [-0.05, 0) is 43.4 Å². The lowest BCUT2D eigenvalue weighted by atomic mass is 9.90. The van der Waals surface area contributed by atoms with Crippen molar-refractivity contribution in [2.24, 2.45) is 5.73 Å². The molecular weight excluding hydrogens is 260 g/mol. The van der Waals surface area contributed by atoms with Crippen molar-refractivity contribution < 1.29 is 4.79 Å². The van der Waals surface area contributed by atoms with Crippen molar-refractivity contribution in [3.63, 3.8) is 0 Å². The maximum atomic E-state index is 12.2. The highest BCUT2D eigenvalue weighted by atomic mass is 35.5. The van der Waals surface area contributed by atoms with Crippen LogP contribution in [0.4, 0.5) is 0 Å². The number of nitrogens with two attached hydrogens (primary N) is 1. The van der Waals surface area contributed by atoms with E-state index in [1.54, 1.807) is 0 Å². The molecular formula is C15H19ClN2O. The molecule has 2 N–H and O–H groups in total. The number of hydrogen-bond acceptors (Lipinski definition) is 2. The third-order valence-electron chi connectivity index (χ3n) is 4.16. The van der Waals surface area contributed by atoms with Crippen LogP contribution in [-0.4, -0.2) is 22.9 Å². The zero-order valence-corrected chi connectivity index (χ0v) is 11.9. The predicted octanol–water partition coefficient (Wildman–Crippen LogP) is 2.80.